The van der Waals surface area contributed by atoms with Gasteiger partial charge in [-0.05, 0) is 31.4 Å². The molecule has 1 aromatic rings. The average molecular weight is 346 g/mol. The number of nitrogens with zero attached hydrogens (tertiary/aromatic N) is 2. The summed E-state index contributed by atoms with van der Waals surface area (Å²) in [5.74, 6) is -0.803. The predicted molar refractivity (Wildman–Crippen MR) is 56.2 cm³/mol. The van der Waals surface area contributed by atoms with Crippen molar-refractivity contribution in [3.05, 3.63) is 31.9 Å². The molecule has 0 saturated heterocycles. The van der Waals surface area contributed by atoms with Crippen LogP contribution in [0.1, 0.15) is 17.6 Å². The maximum absolute atomic E-state index is 12.6. The van der Waals surface area contributed by atoms with Crippen LogP contribution in [0.2, 0.25) is 0 Å². The molecule has 0 fully saturated rings. The van der Waals surface area contributed by atoms with Crippen molar-refractivity contribution in [3.63, 3.8) is 0 Å². The highest BCUT2D eigenvalue weighted by atomic mass is 79.9. The van der Waals surface area contributed by atoms with Gasteiger partial charge in [-0.25, -0.2) is 8.78 Å². The Kier molecular flexibility index (Phi) is 4.09. The van der Waals surface area contributed by atoms with E-state index in [4.69, 9.17) is 0 Å². The summed E-state index contributed by atoms with van der Waals surface area (Å²) in [7, 11) is 0. The molecule has 0 unspecified atom stereocenters. The molecule has 0 amide bonds. The maximum Gasteiger partial charge on any atom is 0.372 e. The first-order valence-electron chi connectivity index (χ1n) is 3.64. The molecule has 0 aliphatic heterocycles. The second-order valence-corrected chi connectivity index (χ2v) is 3.93. The van der Waals surface area contributed by atoms with Crippen LogP contribution < -0.4 is 0 Å². The minimum atomic E-state index is -2.93. The highest BCUT2D eigenvalue weighted by molar-refractivity contribution is 9.10. The fraction of sp³-hybridized carbons (Fsp3) is 0.286. The molecule has 1 heterocycles. The summed E-state index contributed by atoms with van der Waals surface area (Å²) in [5.41, 5.74) is -0.502. The molecule has 1 rings (SSSR count). The van der Waals surface area contributed by atoms with Gasteiger partial charge in [0, 0.05) is 5.33 Å². The first-order valence-corrected chi connectivity index (χ1v) is 5.56. The Balaban J connectivity index is 3.49. The molecular formula is C7H4Br2F2N2O2. The lowest BCUT2D eigenvalue weighted by Gasteiger charge is -2.07. The summed E-state index contributed by atoms with van der Waals surface area (Å²) >= 11 is 6.01. The van der Waals surface area contributed by atoms with Crippen molar-refractivity contribution in [2.75, 3.05) is 0 Å². The SMILES string of the molecule is O=[N+]([O-])c1ncc(Br)c(CBr)c1C(F)F. The zero-order valence-electron chi connectivity index (χ0n) is 7.08. The Morgan fingerprint density at radius 3 is 2.60 bits per heavy atom. The molecule has 0 radical (unpaired) electrons. The average Bonchev–Trinajstić information content (AvgIpc) is 2.16. The van der Waals surface area contributed by atoms with Crippen LogP contribution in [-0.2, 0) is 5.33 Å². The van der Waals surface area contributed by atoms with Crippen LogP contribution in [0.3, 0.4) is 0 Å². The number of hydrogen-bond acceptors (Lipinski definition) is 3. The Bertz CT molecular complexity index is 401. The Hall–Kier alpha value is -0.630. The van der Waals surface area contributed by atoms with E-state index < -0.39 is 22.7 Å². The van der Waals surface area contributed by atoms with Gasteiger partial charge in [-0.3, -0.25) is 0 Å². The highest BCUT2D eigenvalue weighted by Gasteiger charge is 2.28. The van der Waals surface area contributed by atoms with Gasteiger partial charge in [0.1, 0.15) is 5.56 Å². The van der Waals surface area contributed by atoms with Gasteiger partial charge in [0.25, 0.3) is 6.43 Å². The van der Waals surface area contributed by atoms with Crippen LogP contribution in [0.25, 0.3) is 0 Å². The van der Waals surface area contributed by atoms with E-state index in [0.717, 1.165) is 6.20 Å². The van der Waals surface area contributed by atoms with Gasteiger partial charge in [-0.1, -0.05) is 15.9 Å². The van der Waals surface area contributed by atoms with Crippen LogP contribution in [0.5, 0.6) is 0 Å². The van der Waals surface area contributed by atoms with Gasteiger partial charge >= 0.3 is 5.82 Å². The zero-order chi connectivity index (χ0) is 11.6. The third kappa shape index (κ3) is 2.49. The number of rotatable bonds is 3. The van der Waals surface area contributed by atoms with Crippen molar-refractivity contribution in [2.24, 2.45) is 0 Å². The molecule has 1 aromatic heterocycles. The lowest BCUT2D eigenvalue weighted by Crippen LogP contribution is -2.03. The number of nitro groups is 1. The molecule has 0 aromatic carbocycles. The molecule has 4 nitrogen and oxygen atoms in total. The highest BCUT2D eigenvalue weighted by Crippen LogP contribution is 2.35. The van der Waals surface area contributed by atoms with E-state index in [1.807, 2.05) is 0 Å². The Morgan fingerprint density at radius 2 is 2.20 bits per heavy atom. The zero-order valence-corrected chi connectivity index (χ0v) is 10.3. The van der Waals surface area contributed by atoms with Crippen molar-refractivity contribution < 1.29 is 13.7 Å². The molecule has 0 bridgehead atoms. The van der Waals surface area contributed by atoms with Gasteiger partial charge in [0.05, 0.1) is 4.47 Å². The fourth-order valence-corrected chi connectivity index (χ4v) is 2.48. The first-order chi connectivity index (χ1) is 6.99. The smallest absolute Gasteiger partial charge is 0.358 e. The summed E-state index contributed by atoms with van der Waals surface area (Å²) in [4.78, 5) is 12.9. The number of aromatic nitrogens is 1. The summed E-state index contributed by atoms with van der Waals surface area (Å²) in [5, 5.41) is 10.6. The third-order valence-electron chi connectivity index (χ3n) is 1.68. The van der Waals surface area contributed by atoms with E-state index in [1.54, 1.807) is 0 Å². The number of alkyl halides is 3. The molecule has 8 heteroatoms. The molecule has 0 atom stereocenters. The normalized spacial score (nSPS) is 10.7. The minimum Gasteiger partial charge on any atom is -0.358 e. The van der Waals surface area contributed by atoms with Gasteiger partial charge in [-0.2, -0.15) is 0 Å². The van der Waals surface area contributed by atoms with Gasteiger partial charge in [0.15, 0.2) is 6.20 Å². The van der Waals surface area contributed by atoms with E-state index in [9.17, 15) is 18.9 Å². The van der Waals surface area contributed by atoms with Crippen molar-refractivity contribution in [1.82, 2.24) is 4.98 Å². The van der Waals surface area contributed by atoms with Crippen LogP contribution >= 0.6 is 31.9 Å². The third-order valence-corrected chi connectivity index (χ3v) is 2.92. The van der Waals surface area contributed by atoms with Crippen LogP contribution in [0.4, 0.5) is 14.6 Å². The van der Waals surface area contributed by atoms with Crippen LogP contribution in [0.15, 0.2) is 10.7 Å². The Morgan fingerprint density at radius 1 is 1.60 bits per heavy atom. The number of hydrogen-bond donors (Lipinski definition) is 0. The van der Waals surface area contributed by atoms with Gasteiger partial charge in [0.2, 0.25) is 0 Å². The quantitative estimate of drug-likeness (QED) is 0.478. The van der Waals surface area contributed by atoms with E-state index >= 15 is 0 Å². The molecule has 15 heavy (non-hydrogen) atoms. The van der Waals surface area contributed by atoms with Gasteiger partial charge < -0.3 is 10.1 Å². The molecular weight excluding hydrogens is 342 g/mol. The standard InChI is InChI=1S/C7H4Br2F2N2O2/c8-1-3-4(9)2-12-7(13(14)15)5(3)6(10)11/h2,6H,1H2. The van der Waals surface area contributed by atoms with Crippen molar-refractivity contribution in [3.8, 4) is 0 Å². The lowest BCUT2D eigenvalue weighted by molar-refractivity contribution is -0.391. The Labute approximate surface area is 100 Å². The van der Waals surface area contributed by atoms with E-state index in [-0.39, 0.29) is 10.9 Å². The van der Waals surface area contributed by atoms with E-state index in [0.29, 0.717) is 4.47 Å². The first kappa shape index (κ1) is 12.4. The molecule has 0 N–H and O–H groups in total. The minimum absolute atomic E-state index is 0.0939. The summed E-state index contributed by atoms with van der Waals surface area (Å²) < 4.78 is 25.6. The number of halogens is 4. The topological polar surface area (TPSA) is 56.0 Å². The van der Waals surface area contributed by atoms with Crippen molar-refractivity contribution >= 4 is 37.7 Å². The summed E-state index contributed by atoms with van der Waals surface area (Å²) in [6.07, 6.45) is -1.79. The van der Waals surface area contributed by atoms with Crippen molar-refractivity contribution in [2.45, 2.75) is 11.8 Å². The van der Waals surface area contributed by atoms with Gasteiger partial charge in [-0.15, -0.1) is 0 Å². The van der Waals surface area contributed by atoms with Crippen LogP contribution in [-0.4, -0.2) is 9.91 Å². The number of pyridine rings is 1. The maximum atomic E-state index is 12.6. The summed E-state index contributed by atoms with van der Waals surface area (Å²) in [6, 6.07) is 0. The fourth-order valence-electron chi connectivity index (χ4n) is 1.04. The van der Waals surface area contributed by atoms with E-state index in [2.05, 4.69) is 36.8 Å². The molecule has 0 saturated carbocycles. The second kappa shape index (κ2) is 4.93. The summed E-state index contributed by atoms with van der Waals surface area (Å²) in [6.45, 7) is 0. The molecule has 0 aliphatic rings. The largest absolute Gasteiger partial charge is 0.372 e. The van der Waals surface area contributed by atoms with E-state index in [1.165, 1.54) is 0 Å². The molecule has 0 spiro atoms. The monoisotopic (exact) mass is 344 g/mol. The van der Waals surface area contributed by atoms with Crippen LogP contribution in [0, 0.1) is 10.1 Å². The van der Waals surface area contributed by atoms with Crippen molar-refractivity contribution in [1.29, 1.82) is 0 Å². The second-order valence-electron chi connectivity index (χ2n) is 2.51. The lowest BCUT2D eigenvalue weighted by atomic mass is 10.1. The molecule has 82 valence electrons. The molecule has 0 aliphatic carbocycles. The predicted octanol–water partition coefficient (Wildman–Crippen LogP) is 3.58.